The van der Waals surface area contributed by atoms with E-state index in [1.807, 2.05) is 0 Å². The molecule has 5 heteroatoms. The van der Waals surface area contributed by atoms with Crippen molar-refractivity contribution in [2.24, 2.45) is 0 Å². The average Bonchev–Trinajstić information content (AvgIpc) is 0. The van der Waals surface area contributed by atoms with E-state index in [2.05, 4.69) is 0 Å². The first-order valence-electron chi connectivity index (χ1n) is 0. The van der Waals surface area contributed by atoms with Crippen LogP contribution in [0, 0.1) is 0 Å². The molecule has 0 rings (SSSR count). The number of hydrogen-bond acceptors (Lipinski definition) is 0. The monoisotopic (exact) mass is 304 g/mol. The van der Waals surface area contributed by atoms with Gasteiger partial charge in [-0.1, -0.05) is 0 Å². The zero-order valence-electron chi connectivity index (χ0n) is 2.25. The van der Waals surface area contributed by atoms with Crippen molar-refractivity contribution in [1.29, 1.82) is 0 Å². The maximum Gasteiger partial charge on any atom is 5.00 e. The molecule has 0 saturated carbocycles. The largest absolute Gasteiger partial charge is 5.00 e. The number of rotatable bonds is 0. The van der Waals surface area contributed by atoms with Gasteiger partial charge >= 0.3 is 45.9 Å². The molecule has 5 heavy (non-hydrogen) atoms. The zero-order valence-corrected chi connectivity index (χ0v) is 8.13. The zero-order chi connectivity index (χ0) is 0. The maximum absolute atomic E-state index is 0. The molecule has 0 aromatic rings. The van der Waals surface area contributed by atoms with Gasteiger partial charge in [-0.3, -0.25) is 0 Å². The van der Waals surface area contributed by atoms with E-state index >= 15 is 0 Å². The van der Waals surface area contributed by atoms with Crippen molar-refractivity contribution in [3.63, 3.8) is 0 Å². The molecule has 0 aromatic carbocycles. The first-order chi connectivity index (χ1) is 0. The van der Waals surface area contributed by atoms with E-state index in [9.17, 15) is 0 Å². The van der Waals surface area contributed by atoms with E-state index in [0.29, 0.717) is 0 Å². The van der Waals surface area contributed by atoms with Gasteiger partial charge < -0.3 is 16.4 Å². The summed E-state index contributed by atoms with van der Waals surface area (Å²) in [6, 6.07) is 0. The normalized spacial score (nSPS) is 0. The molecule has 0 bridgehead atoms. The SMILES string of the molecule is [O-2].[O-2].[O-2].[Tl+].[V+5]. The van der Waals surface area contributed by atoms with Crippen LogP contribution in [0.5, 0.6) is 0 Å². The van der Waals surface area contributed by atoms with Crippen molar-refractivity contribution in [3.8, 4) is 0 Å². The van der Waals surface area contributed by atoms with Gasteiger partial charge in [-0.05, 0) is 0 Å². The standard InChI is InChI=1S/3O.Tl.V/q3*-2;+1;+5. The molecule has 0 saturated heterocycles. The van der Waals surface area contributed by atoms with E-state index in [1.54, 1.807) is 0 Å². The molecule has 3 nitrogen and oxygen atoms in total. The molecular weight excluding hydrogens is 303 g/mol. The molecule has 0 aliphatic carbocycles. The van der Waals surface area contributed by atoms with Crippen molar-refractivity contribution in [2.75, 3.05) is 0 Å². The van der Waals surface area contributed by atoms with E-state index in [4.69, 9.17) is 0 Å². The first-order valence-corrected chi connectivity index (χ1v) is 0. The Balaban J connectivity index is 0. The third kappa shape index (κ3) is 32.1. The van der Waals surface area contributed by atoms with E-state index in [1.165, 1.54) is 0 Å². The van der Waals surface area contributed by atoms with Crippen molar-refractivity contribution < 1.29 is 35.0 Å². The Morgan fingerprint density at radius 1 is 0.600 bits per heavy atom. The molecule has 0 N–H and O–H groups in total. The molecule has 0 spiro atoms. The Morgan fingerprint density at radius 3 is 0.600 bits per heavy atom. The third-order valence-corrected chi connectivity index (χ3v) is 0. The quantitative estimate of drug-likeness (QED) is 0.528. The second-order valence-electron chi connectivity index (χ2n) is 0. The molecule has 26 valence electrons. The van der Waals surface area contributed by atoms with Gasteiger partial charge in [-0.25, -0.2) is 0 Å². The predicted octanol–water partition coefficient (Wildman–Crippen LogP) is -0.740. The fourth-order valence-electron chi connectivity index (χ4n) is 0. The van der Waals surface area contributed by atoms with Gasteiger partial charge in [0.15, 0.2) is 0 Å². The molecule has 0 heterocycles. The summed E-state index contributed by atoms with van der Waals surface area (Å²) in [7, 11) is 0. The minimum absolute atomic E-state index is 0. The van der Waals surface area contributed by atoms with Gasteiger partial charge in [0.1, 0.15) is 0 Å². The van der Waals surface area contributed by atoms with Crippen molar-refractivity contribution in [2.45, 2.75) is 0 Å². The number of hydrogen-bond donors (Lipinski definition) is 0. The molecular formula is O3TlV. The van der Waals surface area contributed by atoms with Crippen LogP contribution in [0.3, 0.4) is 0 Å². The summed E-state index contributed by atoms with van der Waals surface area (Å²) in [5.74, 6) is 0. The van der Waals surface area contributed by atoms with E-state index in [-0.39, 0.29) is 62.3 Å². The Labute approximate surface area is 62.1 Å². The third-order valence-electron chi connectivity index (χ3n) is 0. The molecule has 0 radical (unpaired) electrons. The fourth-order valence-corrected chi connectivity index (χ4v) is 0. The van der Waals surface area contributed by atoms with Gasteiger partial charge in [0.2, 0.25) is 0 Å². The van der Waals surface area contributed by atoms with Crippen LogP contribution >= 0.6 is 0 Å². The molecule has 0 atom stereocenters. The molecule has 0 aromatic heterocycles. The summed E-state index contributed by atoms with van der Waals surface area (Å²) in [5, 5.41) is 0. The second-order valence-corrected chi connectivity index (χ2v) is 0. The minimum Gasteiger partial charge on any atom is -2.00 e. The summed E-state index contributed by atoms with van der Waals surface area (Å²) in [4.78, 5) is 0. The van der Waals surface area contributed by atoms with Crippen LogP contribution in [0.4, 0.5) is 0 Å². The van der Waals surface area contributed by atoms with Gasteiger partial charge in [0.05, 0.1) is 0 Å². The van der Waals surface area contributed by atoms with Crippen LogP contribution in [0.25, 0.3) is 0 Å². The topological polar surface area (TPSA) is 85.5 Å². The Morgan fingerprint density at radius 2 is 0.600 bits per heavy atom. The average molecular weight is 303 g/mol. The summed E-state index contributed by atoms with van der Waals surface area (Å²) in [6.07, 6.45) is 0. The Hall–Kier alpha value is 1.39. The predicted molar refractivity (Wildman–Crippen MR) is 7.81 cm³/mol. The summed E-state index contributed by atoms with van der Waals surface area (Å²) in [5.41, 5.74) is 0. The smallest absolute Gasteiger partial charge is 2.00 e. The van der Waals surface area contributed by atoms with Gasteiger partial charge in [0, 0.05) is 0 Å². The van der Waals surface area contributed by atoms with Crippen LogP contribution in [-0.4, -0.2) is 27.3 Å². The Kier molecular flexibility index (Phi) is 1040. The van der Waals surface area contributed by atoms with Crippen molar-refractivity contribution in [3.05, 3.63) is 0 Å². The van der Waals surface area contributed by atoms with Crippen LogP contribution < -0.4 is 0 Å². The van der Waals surface area contributed by atoms with Crippen LogP contribution in [-0.2, 0) is 35.0 Å². The van der Waals surface area contributed by atoms with Gasteiger partial charge in [-0.15, -0.1) is 0 Å². The van der Waals surface area contributed by atoms with Crippen molar-refractivity contribution >= 4 is 27.3 Å². The van der Waals surface area contributed by atoms with Gasteiger partial charge in [-0.2, -0.15) is 0 Å². The first kappa shape index (κ1) is 96.4. The summed E-state index contributed by atoms with van der Waals surface area (Å²) >= 11 is 0. The molecule has 0 fully saturated rings. The van der Waals surface area contributed by atoms with E-state index < -0.39 is 0 Å². The molecule has 0 unspecified atom stereocenters. The van der Waals surface area contributed by atoms with E-state index in [0.717, 1.165) is 0 Å². The summed E-state index contributed by atoms with van der Waals surface area (Å²) < 4.78 is 0. The van der Waals surface area contributed by atoms with Crippen LogP contribution in [0.1, 0.15) is 0 Å². The molecule has 0 aliphatic heterocycles. The minimum atomic E-state index is 0. The molecule has 0 amide bonds. The summed E-state index contributed by atoms with van der Waals surface area (Å²) in [6.45, 7) is 0. The van der Waals surface area contributed by atoms with Gasteiger partial charge in [0.25, 0.3) is 0 Å². The Bertz CT molecular complexity index is 6.85. The van der Waals surface area contributed by atoms with Crippen LogP contribution in [0.2, 0.25) is 0 Å². The maximum atomic E-state index is 0. The van der Waals surface area contributed by atoms with Crippen LogP contribution in [0.15, 0.2) is 0 Å². The molecule has 0 aliphatic rings. The van der Waals surface area contributed by atoms with Crippen molar-refractivity contribution in [1.82, 2.24) is 0 Å². The fraction of sp³-hybridized carbons (Fsp3) is 0. The second kappa shape index (κ2) is 53.9.